The maximum absolute atomic E-state index is 15.6. The summed E-state index contributed by atoms with van der Waals surface area (Å²) in [5.74, 6) is -3.69. The number of aliphatic hydroxyl groups excluding tert-OH is 1. The second kappa shape index (κ2) is 15.0. The van der Waals surface area contributed by atoms with Crippen LogP contribution in [0.5, 0.6) is 5.75 Å². The van der Waals surface area contributed by atoms with Crippen molar-refractivity contribution < 1.29 is 43.4 Å². The number of primary amides is 1. The normalized spacial score (nSPS) is 23.7. The summed E-state index contributed by atoms with van der Waals surface area (Å²) in [6.45, 7) is -0.510. The van der Waals surface area contributed by atoms with E-state index < -0.39 is 64.4 Å². The molecule has 0 aliphatic carbocycles. The molecule has 3 N–H and O–H groups in total. The lowest BCUT2D eigenvalue weighted by Gasteiger charge is -2.46. The molecule has 14 nitrogen and oxygen atoms in total. The van der Waals surface area contributed by atoms with E-state index in [9.17, 15) is 29.6 Å². The van der Waals surface area contributed by atoms with Gasteiger partial charge in [-0.3, -0.25) is 29.4 Å². The van der Waals surface area contributed by atoms with Gasteiger partial charge in [0.05, 0.1) is 35.2 Å². The average molecular weight is 769 g/mol. The Kier molecular flexibility index (Phi) is 9.73. The molecule has 1 spiro atoms. The van der Waals surface area contributed by atoms with Crippen LogP contribution < -0.4 is 15.4 Å². The van der Waals surface area contributed by atoms with Gasteiger partial charge < -0.3 is 25.1 Å². The van der Waals surface area contributed by atoms with Crippen LogP contribution in [-0.4, -0.2) is 58.1 Å². The third-order valence-corrected chi connectivity index (χ3v) is 10.9. The lowest BCUT2D eigenvalue weighted by molar-refractivity contribution is -0.384. The van der Waals surface area contributed by atoms with Gasteiger partial charge >= 0.3 is 12.1 Å². The zero-order chi connectivity index (χ0) is 39.8. The van der Waals surface area contributed by atoms with E-state index in [4.69, 9.17) is 19.9 Å². The Morgan fingerprint density at radius 2 is 1.44 bits per heavy atom. The standard InChI is InChI=1S/C43H36N4O10/c44-39(49)34-36-40(50)57-37(28-11-5-2-6-12-28)35(27-9-3-1-4-10-27)46(36)38(29-17-21-31(22-18-29)55-24-23-48)43(34)32-13-7-8-14-33(32)45(41(43)51)42(52)56-25-26-15-19-30(20-16-26)47(53)54/h1-22,34-38,48H,23-25H2,(H2,44,49)/t34-,35-,36-,37+,38+,43-/m1/s1. The maximum atomic E-state index is 15.6. The number of cyclic esters (lactones) is 1. The topological polar surface area (TPSA) is 192 Å². The van der Waals surface area contributed by atoms with Gasteiger partial charge in [0, 0.05) is 12.1 Å². The van der Waals surface area contributed by atoms with Crippen molar-refractivity contribution in [3.63, 3.8) is 0 Å². The molecular formula is C43H36N4O10. The number of aliphatic hydroxyl groups is 1. The first-order valence-corrected chi connectivity index (χ1v) is 18.2. The van der Waals surface area contributed by atoms with Crippen LogP contribution >= 0.6 is 0 Å². The van der Waals surface area contributed by atoms with E-state index in [0.29, 0.717) is 22.4 Å². The van der Waals surface area contributed by atoms with Gasteiger partial charge in [-0.15, -0.1) is 0 Å². The number of benzene rings is 5. The van der Waals surface area contributed by atoms with E-state index in [1.165, 1.54) is 24.3 Å². The number of nitrogens with zero attached hydrogens (tertiary/aromatic N) is 3. The summed E-state index contributed by atoms with van der Waals surface area (Å²) < 4.78 is 17.6. The summed E-state index contributed by atoms with van der Waals surface area (Å²) in [5.41, 5.74) is 6.96. The van der Waals surface area contributed by atoms with E-state index >= 15 is 4.79 Å². The fraction of sp³-hybridized carbons (Fsp3) is 0.209. The molecule has 3 aliphatic rings. The van der Waals surface area contributed by atoms with Crippen LogP contribution in [0, 0.1) is 16.0 Å². The SMILES string of the molecule is NC(=O)[C@H]1[C@@H]2C(=O)O[C@@H](c3ccccc3)[C@@H](c3ccccc3)N2[C@@H](c2ccc(OCCO)cc2)[C@]12C(=O)N(C(=O)OCc1ccc([N+](=O)[O-])cc1)c1ccccc12. The summed E-state index contributed by atoms with van der Waals surface area (Å²) in [4.78, 5) is 71.9. The molecule has 0 saturated carbocycles. The molecule has 6 atom stereocenters. The number of para-hydroxylation sites is 1. The molecule has 3 heterocycles. The van der Waals surface area contributed by atoms with Crippen LogP contribution in [0.4, 0.5) is 16.2 Å². The Hall–Kier alpha value is -6.90. The average Bonchev–Trinajstić information content (AvgIpc) is 3.69. The number of amides is 3. The van der Waals surface area contributed by atoms with E-state index in [1.807, 2.05) is 65.6 Å². The number of esters is 1. The third kappa shape index (κ3) is 6.15. The van der Waals surface area contributed by atoms with Gasteiger partial charge in [-0.25, -0.2) is 9.69 Å². The van der Waals surface area contributed by atoms with Gasteiger partial charge in [0.2, 0.25) is 11.8 Å². The summed E-state index contributed by atoms with van der Waals surface area (Å²) in [7, 11) is 0. The zero-order valence-electron chi connectivity index (χ0n) is 30.3. The third-order valence-electron chi connectivity index (χ3n) is 10.9. The van der Waals surface area contributed by atoms with E-state index in [-0.39, 0.29) is 36.8 Å². The smallest absolute Gasteiger partial charge is 0.421 e. The summed E-state index contributed by atoms with van der Waals surface area (Å²) in [6, 6.07) is 34.0. The minimum Gasteiger partial charge on any atom is -0.491 e. The number of nitrogens with two attached hydrogens (primary N) is 1. The fourth-order valence-electron chi connectivity index (χ4n) is 8.71. The zero-order valence-corrected chi connectivity index (χ0v) is 30.3. The fourth-order valence-corrected chi connectivity index (χ4v) is 8.71. The Bertz CT molecular complexity index is 2340. The van der Waals surface area contributed by atoms with Gasteiger partial charge in [0.1, 0.15) is 36.5 Å². The number of morpholine rings is 1. The Morgan fingerprint density at radius 3 is 2.07 bits per heavy atom. The number of hydrogen-bond acceptors (Lipinski definition) is 11. The molecular weight excluding hydrogens is 732 g/mol. The van der Waals surface area contributed by atoms with Crippen LogP contribution in [-0.2, 0) is 35.9 Å². The van der Waals surface area contributed by atoms with Crippen molar-refractivity contribution in [1.82, 2.24) is 4.90 Å². The highest BCUT2D eigenvalue weighted by Crippen LogP contribution is 2.65. The molecule has 0 aromatic heterocycles. The van der Waals surface area contributed by atoms with Crippen LogP contribution in [0.3, 0.4) is 0 Å². The van der Waals surface area contributed by atoms with Crippen molar-refractivity contribution in [3.8, 4) is 5.75 Å². The molecule has 2 fully saturated rings. The van der Waals surface area contributed by atoms with Crippen molar-refractivity contribution in [2.24, 2.45) is 11.7 Å². The van der Waals surface area contributed by atoms with Crippen molar-refractivity contribution in [1.29, 1.82) is 0 Å². The maximum Gasteiger partial charge on any atom is 0.421 e. The first-order valence-electron chi connectivity index (χ1n) is 18.2. The van der Waals surface area contributed by atoms with Crippen molar-refractivity contribution in [2.45, 2.75) is 36.3 Å². The molecule has 5 aromatic carbocycles. The molecule has 5 aromatic rings. The first-order chi connectivity index (χ1) is 27.7. The van der Waals surface area contributed by atoms with Crippen LogP contribution in [0.25, 0.3) is 0 Å². The molecule has 8 rings (SSSR count). The number of carbonyl (C=O) groups is 4. The quantitative estimate of drug-likeness (QED) is 0.104. The van der Waals surface area contributed by atoms with Gasteiger partial charge in [-0.2, -0.15) is 0 Å². The van der Waals surface area contributed by atoms with E-state index in [1.54, 1.807) is 48.5 Å². The number of anilines is 1. The lowest BCUT2D eigenvalue weighted by Crippen LogP contribution is -2.55. The number of hydrogen-bond donors (Lipinski definition) is 2. The van der Waals surface area contributed by atoms with Crippen molar-refractivity contribution in [2.75, 3.05) is 18.1 Å². The second-order valence-corrected chi connectivity index (χ2v) is 13.9. The molecule has 57 heavy (non-hydrogen) atoms. The van der Waals surface area contributed by atoms with Crippen LogP contribution in [0.1, 0.15) is 46.0 Å². The van der Waals surface area contributed by atoms with Gasteiger partial charge in [-0.05, 0) is 58.1 Å². The first kappa shape index (κ1) is 37.0. The van der Waals surface area contributed by atoms with Crippen molar-refractivity contribution >= 4 is 35.3 Å². The van der Waals surface area contributed by atoms with Crippen molar-refractivity contribution in [3.05, 3.63) is 171 Å². The van der Waals surface area contributed by atoms with Gasteiger partial charge in [0.15, 0.2) is 0 Å². The number of nitro groups is 1. The van der Waals surface area contributed by atoms with Crippen LogP contribution in [0.15, 0.2) is 133 Å². The summed E-state index contributed by atoms with van der Waals surface area (Å²) in [6.07, 6.45) is -1.96. The Labute approximate surface area is 326 Å². The monoisotopic (exact) mass is 768 g/mol. The number of ether oxygens (including phenoxy) is 3. The number of rotatable bonds is 10. The highest BCUT2D eigenvalue weighted by molar-refractivity contribution is 6.23. The van der Waals surface area contributed by atoms with Gasteiger partial charge in [0.25, 0.3) is 5.69 Å². The van der Waals surface area contributed by atoms with Crippen LogP contribution in [0.2, 0.25) is 0 Å². The molecule has 3 amide bonds. The number of carbonyl (C=O) groups excluding carboxylic acids is 4. The highest BCUT2D eigenvalue weighted by atomic mass is 16.6. The van der Waals surface area contributed by atoms with Gasteiger partial charge in [-0.1, -0.05) is 91.0 Å². The molecule has 0 bridgehead atoms. The number of non-ortho nitro benzene ring substituents is 1. The molecule has 288 valence electrons. The lowest BCUT2D eigenvalue weighted by atomic mass is 9.65. The van der Waals surface area contributed by atoms with E-state index in [2.05, 4.69) is 0 Å². The Balaban J connectivity index is 1.32. The molecule has 0 unspecified atom stereocenters. The minimum absolute atomic E-state index is 0.0359. The largest absolute Gasteiger partial charge is 0.491 e. The molecule has 2 saturated heterocycles. The van der Waals surface area contributed by atoms with E-state index in [0.717, 1.165) is 10.5 Å². The molecule has 3 aliphatic heterocycles. The predicted octanol–water partition coefficient (Wildman–Crippen LogP) is 5.45. The number of fused-ring (bicyclic) bond motifs is 3. The summed E-state index contributed by atoms with van der Waals surface area (Å²) >= 11 is 0. The molecule has 0 radical (unpaired) electrons. The summed E-state index contributed by atoms with van der Waals surface area (Å²) in [5, 5.41) is 20.6. The number of imide groups is 1. The predicted molar refractivity (Wildman–Crippen MR) is 203 cm³/mol. The Morgan fingerprint density at radius 1 is 0.807 bits per heavy atom. The minimum atomic E-state index is -1.98. The highest BCUT2D eigenvalue weighted by Gasteiger charge is 2.75. The number of nitro benzene ring substituents is 1. The second-order valence-electron chi connectivity index (χ2n) is 13.9. The molecule has 14 heteroatoms.